The van der Waals surface area contributed by atoms with Crippen molar-refractivity contribution in [3.05, 3.63) is 35.9 Å². The molecule has 0 spiro atoms. The van der Waals surface area contributed by atoms with Crippen LogP contribution in [0.4, 0.5) is 0 Å². The molecule has 0 atom stereocenters. The summed E-state index contributed by atoms with van der Waals surface area (Å²) in [6.45, 7) is 2.61. The van der Waals surface area contributed by atoms with Crippen LogP contribution in [0.25, 0.3) is 0 Å². The van der Waals surface area contributed by atoms with E-state index in [-0.39, 0.29) is 24.6 Å². The van der Waals surface area contributed by atoms with Crippen LogP contribution < -0.4 is 0 Å². The van der Waals surface area contributed by atoms with Gasteiger partial charge in [-0.15, -0.1) is 0 Å². The summed E-state index contributed by atoms with van der Waals surface area (Å²) in [7, 11) is 0. The SMILES string of the molecule is CCCCCCOC(=O)CCC(=O)c1ccccc1. The molecular weight excluding hydrogens is 240 g/mol. The van der Waals surface area contributed by atoms with E-state index in [0.29, 0.717) is 12.2 Å². The molecule has 0 aliphatic heterocycles. The van der Waals surface area contributed by atoms with Crippen molar-refractivity contribution in [2.45, 2.75) is 45.4 Å². The van der Waals surface area contributed by atoms with Crippen LogP contribution in [0.3, 0.4) is 0 Å². The molecule has 1 aromatic rings. The lowest BCUT2D eigenvalue weighted by atomic mass is 10.1. The van der Waals surface area contributed by atoms with Crippen molar-refractivity contribution in [3.63, 3.8) is 0 Å². The zero-order valence-electron chi connectivity index (χ0n) is 11.6. The third-order valence-electron chi connectivity index (χ3n) is 2.91. The van der Waals surface area contributed by atoms with Crippen molar-refractivity contribution >= 4 is 11.8 Å². The average Bonchev–Trinajstić information content (AvgIpc) is 2.45. The molecule has 3 nitrogen and oxygen atoms in total. The van der Waals surface area contributed by atoms with Gasteiger partial charge >= 0.3 is 5.97 Å². The maximum atomic E-state index is 11.8. The lowest BCUT2D eigenvalue weighted by Gasteiger charge is -2.04. The van der Waals surface area contributed by atoms with Crippen molar-refractivity contribution < 1.29 is 14.3 Å². The number of Topliss-reactive ketones (excluding diaryl/α,β-unsaturated/α-hetero) is 1. The molecule has 0 aliphatic carbocycles. The summed E-state index contributed by atoms with van der Waals surface area (Å²) < 4.78 is 5.08. The van der Waals surface area contributed by atoms with E-state index in [0.717, 1.165) is 12.8 Å². The average molecular weight is 262 g/mol. The highest BCUT2D eigenvalue weighted by Crippen LogP contribution is 2.06. The summed E-state index contributed by atoms with van der Waals surface area (Å²) >= 11 is 0. The maximum Gasteiger partial charge on any atom is 0.306 e. The van der Waals surface area contributed by atoms with E-state index < -0.39 is 0 Å². The Kier molecular flexibility index (Phi) is 7.56. The molecule has 1 aromatic carbocycles. The van der Waals surface area contributed by atoms with E-state index in [9.17, 15) is 9.59 Å². The Morgan fingerprint density at radius 3 is 2.42 bits per heavy atom. The van der Waals surface area contributed by atoms with Gasteiger partial charge in [-0.3, -0.25) is 9.59 Å². The second-order valence-electron chi connectivity index (χ2n) is 4.57. The first kappa shape index (κ1) is 15.4. The maximum absolute atomic E-state index is 11.8. The summed E-state index contributed by atoms with van der Waals surface area (Å²) in [6.07, 6.45) is 4.72. The molecule has 104 valence electrons. The van der Waals surface area contributed by atoms with E-state index in [1.54, 1.807) is 12.1 Å². The number of benzene rings is 1. The second-order valence-corrected chi connectivity index (χ2v) is 4.57. The lowest BCUT2D eigenvalue weighted by molar-refractivity contribution is -0.143. The smallest absolute Gasteiger partial charge is 0.306 e. The summed E-state index contributed by atoms with van der Waals surface area (Å²) in [5, 5.41) is 0. The van der Waals surface area contributed by atoms with Gasteiger partial charge in [0.15, 0.2) is 5.78 Å². The number of carbonyl (C=O) groups is 2. The van der Waals surface area contributed by atoms with Gasteiger partial charge < -0.3 is 4.74 Å². The zero-order valence-corrected chi connectivity index (χ0v) is 11.6. The van der Waals surface area contributed by atoms with Crippen LogP contribution in [0, 0.1) is 0 Å². The molecule has 0 amide bonds. The van der Waals surface area contributed by atoms with Crippen LogP contribution in [0.1, 0.15) is 55.8 Å². The second kappa shape index (κ2) is 9.31. The molecule has 0 radical (unpaired) electrons. The highest BCUT2D eigenvalue weighted by Gasteiger charge is 2.09. The molecule has 0 bridgehead atoms. The molecule has 0 aliphatic rings. The first-order chi connectivity index (χ1) is 9.24. The standard InChI is InChI=1S/C16H22O3/c1-2-3-4-8-13-19-16(18)12-11-15(17)14-9-6-5-7-10-14/h5-7,9-10H,2-4,8,11-13H2,1H3. The monoisotopic (exact) mass is 262 g/mol. The molecule has 19 heavy (non-hydrogen) atoms. The summed E-state index contributed by atoms with van der Waals surface area (Å²) in [4.78, 5) is 23.2. The normalized spacial score (nSPS) is 10.2. The zero-order chi connectivity index (χ0) is 13.9. The van der Waals surface area contributed by atoms with Crippen LogP contribution in [0.2, 0.25) is 0 Å². The molecule has 3 heteroatoms. The molecule has 0 aromatic heterocycles. The number of carbonyl (C=O) groups excluding carboxylic acids is 2. The number of ketones is 1. The van der Waals surface area contributed by atoms with Crippen LogP contribution in [0.5, 0.6) is 0 Å². The minimum atomic E-state index is -0.277. The highest BCUT2D eigenvalue weighted by atomic mass is 16.5. The van der Waals surface area contributed by atoms with Gasteiger partial charge in [0.05, 0.1) is 13.0 Å². The van der Waals surface area contributed by atoms with Gasteiger partial charge in [-0.2, -0.15) is 0 Å². The summed E-state index contributed by atoms with van der Waals surface area (Å²) in [5.74, 6) is -0.288. The molecule has 1 rings (SSSR count). The van der Waals surface area contributed by atoms with Gasteiger partial charge in [0.25, 0.3) is 0 Å². The highest BCUT2D eigenvalue weighted by molar-refractivity contribution is 5.97. The molecular formula is C16H22O3. The van der Waals surface area contributed by atoms with Crippen molar-refractivity contribution in [2.24, 2.45) is 0 Å². The Bertz CT molecular complexity index is 384. The fourth-order valence-corrected chi connectivity index (χ4v) is 1.77. The van der Waals surface area contributed by atoms with E-state index in [1.165, 1.54) is 12.8 Å². The molecule has 0 saturated heterocycles. The summed E-state index contributed by atoms with van der Waals surface area (Å²) in [6, 6.07) is 9.02. The van der Waals surface area contributed by atoms with Crippen LogP contribution in [0.15, 0.2) is 30.3 Å². The first-order valence-corrected chi connectivity index (χ1v) is 6.98. The predicted molar refractivity (Wildman–Crippen MR) is 75.1 cm³/mol. The number of rotatable bonds is 9. The van der Waals surface area contributed by atoms with Gasteiger partial charge in [0.2, 0.25) is 0 Å². The third-order valence-corrected chi connectivity index (χ3v) is 2.91. The quantitative estimate of drug-likeness (QED) is 0.386. The van der Waals surface area contributed by atoms with Gasteiger partial charge in [-0.05, 0) is 6.42 Å². The Labute approximate surface area is 115 Å². The first-order valence-electron chi connectivity index (χ1n) is 6.98. The van der Waals surface area contributed by atoms with Gasteiger partial charge in [0, 0.05) is 12.0 Å². The van der Waals surface area contributed by atoms with Gasteiger partial charge in [-0.1, -0.05) is 56.5 Å². The topological polar surface area (TPSA) is 43.4 Å². The van der Waals surface area contributed by atoms with E-state index in [1.807, 2.05) is 18.2 Å². The lowest BCUT2D eigenvalue weighted by Crippen LogP contribution is -2.09. The van der Waals surface area contributed by atoms with E-state index in [4.69, 9.17) is 4.74 Å². The number of hydrogen-bond donors (Lipinski definition) is 0. The minimum absolute atomic E-state index is 0.0106. The Morgan fingerprint density at radius 2 is 1.74 bits per heavy atom. The van der Waals surface area contributed by atoms with Crippen LogP contribution in [-0.4, -0.2) is 18.4 Å². The molecule has 0 unspecified atom stereocenters. The number of ether oxygens (including phenoxy) is 1. The van der Waals surface area contributed by atoms with Crippen molar-refractivity contribution in [1.82, 2.24) is 0 Å². The largest absolute Gasteiger partial charge is 0.466 e. The van der Waals surface area contributed by atoms with Crippen LogP contribution >= 0.6 is 0 Å². The van der Waals surface area contributed by atoms with E-state index in [2.05, 4.69) is 6.92 Å². The third kappa shape index (κ3) is 6.75. The Balaban J connectivity index is 2.15. The van der Waals surface area contributed by atoms with Crippen LogP contribution in [-0.2, 0) is 9.53 Å². The van der Waals surface area contributed by atoms with Crippen molar-refractivity contribution in [3.8, 4) is 0 Å². The molecule has 0 fully saturated rings. The van der Waals surface area contributed by atoms with Crippen molar-refractivity contribution in [1.29, 1.82) is 0 Å². The fourth-order valence-electron chi connectivity index (χ4n) is 1.77. The number of esters is 1. The number of unbranched alkanes of at least 4 members (excludes halogenated alkanes) is 3. The minimum Gasteiger partial charge on any atom is -0.466 e. The van der Waals surface area contributed by atoms with E-state index >= 15 is 0 Å². The molecule has 0 saturated carbocycles. The van der Waals surface area contributed by atoms with Gasteiger partial charge in [-0.25, -0.2) is 0 Å². The predicted octanol–water partition coefficient (Wildman–Crippen LogP) is 3.77. The van der Waals surface area contributed by atoms with Gasteiger partial charge in [0.1, 0.15) is 0 Å². The number of hydrogen-bond acceptors (Lipinski definition) is 3. The molecule has 0 heterocycles. The molecule has 0 N–H and O–H groups in total. The Hall–Kier alpha value is -1.64. The fraction of sp³-hybridized carbons (Fsp3) is 0.500. The van der Waals surface area contributed by atoms with Crippen molar-refractivity contribution in [2.75, 3.05) is 6.61 Å². The summed E-state index contributed by atoms with van der Waals surface area (Å²) in [5.41, 5.74) is 0.651. The Morgan fingerprint density at radius 1 is 1.00 bits per heavy atom.